The highest BCUT2D eigenvalue weighted by Gasteiger charge is 2.18. The van der Waals surface area contributed by atoms with Crippen molar-refractivity contribution in [3.8, 4) is 0 Å². The van der Waals surface area contributed by atoms with E-state index in [1.165, 1.54) is 11.9 Å². The zero-order valence-corrected chi connectivity index (χ0v) is 16.9. The molecule has 0 spiro atoms. The Kier molecular flexibility index (Phi) is 5.85. The molecule has 2 aromatic carbocycles. The fourth-order valence-corrected chi connectivity index (χ4v) is 3.18. The lowest BCUT2D eigenvalue weighted by Gasteiger charge is -2.25. The van der Waals surface area contributed by atoms with Crippen molar-refractivity contribution in [1.82, 2.24) is 15.0 Å². The number of nitrogens with two attached hydrogens (primary N) is 1. The molecule has 30 heavy (non-hydrogen) atoms. The lowest BCUT2D eigenvalue weighted by atomic mass is 10.1. The van der Waals surface area contributed by atoms with Crippen LogP contribution in [0, 0.1) is 6.92 Å². The molecule has 0 aliphatic carbocycles. The lowest BCUT2D eigenvalue weighted by Crippen LogP contribution is -2.21. The first-order valence-electron chi connectivity index (χ1n) is 9.83. The number of nitrogen functional groups attached to an aromatic ring is 1. The van der Waals surface area contributed by atoms with Crippen molar-refractivity contribution in [2.75, 3.05) is 16.0 Å². The molecular formula is C24H24N6. The Labute approximate surface area is 176 Å². The number of pyridine rings is 1. The summed E-state index contributed by atoms with van der Waals surface area (Å²) in [6.07, 6.45) is 3.30. The number of benzene rings is 2. The molecule has 0 amide bonds. The van der Waals surface area contributed by atoms with Gasteiger partial charge in [-0.3, -0.25) is 0 Å². The summed E-state index contributed by atoms with van der Waals surface area (Å²) < 4.78 is 0. The van der Waals surface area contributed by atoms with Crippen LogP contribution in [0.1, 0.15) is 16.7 Å². The molecule has 0 saturated carbocycles. The molecule has 0 fully saturated rings. The van der Waals surface area contributed by atoms with Gasteiger partial charge < -0.3 is 16.0 Å². The Morgan fingerprint density at radius 1 is 0.833 bits per heavy atom. The van der Waals surface area contributed by atoms with Crippen molar-refractivity contribution >= 4 is 23.1 Å². The van der Waals surface area contributed by atoms with Gasteiger partial charge in [0.2, 0.25) is 0 Å². The van der Waals surface area contributed by atoms with Crippen molar-refractivity contribution in [3.05, 3.63) is 102 Å². The first-order chi connectivity index (χ1) is 14.7. The van der Waals surface area contributed by atoms with Crippen LogP contribution >= 0.6 is 0 Å². The van der Waals surface area contributed by atoms with Gasteiger partial charge in [0.05, 0.1) is 6.54 Å². The van der Waals surface area contributed by atoms with Gasteiger partial charge in [0.15, 0.2) is 11.6 Å². The minimum atomic E-state index is 0.492. The lowest BCUT2D eigenvalue weighted by molar-refractivity contribution is 0.916. The topological polar surface area (TPSA) is 80.0 Å². The summed E-state index contributed by atoms with van der Waals surface area (Å²) in [5.41, 5.74) is 10.5. The SMILES string of the molecule is Cc1ccc(CNc2ncnc(N(Cc3ccccc3)c3ccccn3)c2N)cc1. The van der Waals surface area contributed by atoms with Crippen molar-refractivity contribution < 1.29 is 0 Å². The molecule has 0 aliphatic heterocycles. The van der Waals surface area contributed by atoms with Crippen molar-refractivity contribution in [3.63, 3.8) is 0 Å². The van der Waals surface area contributed by atoms with E-state index < -0.39 is 0 Å². The third kappa shape index (κ3) is 4.55. The van der Waals surface area contributed by atoms with Crippen molar-refractivity contribution in [2.24, 2.45) is 0 Å². The summed E-state index contributed by atoms with van der Waals surface area (Å²) in [6.45, 7) is 3.30. The molecule has 2 aromatic heterocycles. The fourth-order valence-electron chi connectivity index (χ4n) is 3.18. The number of hydrogen-bond acceptors (Lipinski definition) is 6. The van der Waals surface area contributed by atoms with Gasteiger partial charge in [-0.25, -0.2) is 15.0 Å². The summed E-state index contributed by atoms with van der Waals surface area (Å²) in [5, 5.41) is 3.34. The predicted octanol–water partition coefficient (Wildman–Crippen LogP) is 4.71. The van der Waals surface area contributed by atoms with Gasteiger partial charge >= 0.3 is 0 Å². The van der Waals surface area contributed by atoms with E-state index >= 15 is 0 Å². The van der Waals surface area contributed by atoms with E-state index in [1.807, 2.05) is 41.3 Å². The average molecular weight is 396 g/mol. The molecule has 6 heteroatoms. The van der Waals surface area contributed by atoms with Gasteiger partial charge in [-0.15, -0.1) is 0 Å². The first-order valence-corrected chi connectivity index (χ1v) is 9.83. The molecule has 0 atom stereocenters. The number of nitrogens with zero attached hydrogens (tertiary/aromatic N) is 4. The summed E-state index contributed by atoms with van der Waals surface area (Å²) in [4.78, 5) is 15.4. The number of rotatable bonds is 7. The van der Waals surface area contributed by atoms with Crippen LogP contribution < -0.4 is 16.0 Å². The van der Waals surface area contributed by atoms with Crippen LogP contribution in [0.5, 0.6) is 0 Å². The molecule has 0 saturated heterocycles. The monoisotopic (exact) mass is 396 g/mol. The van der Waals surface area contributed by atoms with Crippen molar-refractivity contribution in [1.29, 1.82) is 0 Å². The minimum absolute atomic E-state index is 0.492. The molecule has 0 unspecified atom stereocenters. The standard InChI is InChI=1S/C24H24N6/c1-18-10-12-19(13-11-18)15-27-23-22(25)24(29-17-28-23)30(21-9-5-6-14-26-21)16-20-7-3-2-4-8-20/h2-14,17H,15-16,25H2,1H3,(H,27,28,29). The Morgan fingerprint density at radius 2 is 1.60 bits per heavy atom. The molecule has 0 radical (unpaired) electrons. The highest BCUT2D eigenvalue weighted by Crippen LogP contribution is 2.32. The van der Waals surface area contributed by atoms with E-state index in [0.29, 0.717) is 30.4 Å². The van der Waals surface area contributed by atoms with Crippen LogP contribution in [0.3, 0.4) is 0 Å². The zero-order chi connectivity index (χ0) is 20.8. The fraction of sp³-hybridized carbons (Fsp3) is 0.125. The maximum atomic E-state index is 6.51. The minimum Gasteiger partial charge on any atom is -0.393 e. The Hall–Kier alpha value is -3.93. The summed E-state index contributed by atoms with van der Waals surface area (Å²) >= 11 is 0. The second-order valence-electron chi connectivity index (χ2n) is 7.06. The molecule has 2 heterocycles. The third-order valence-corrected chi connectivity index (χ3v) is 4.81. The molecule has 0 bridgehead atoms. The van der Waals surface area contributed by atoms with Gasteiger partial charge in [0, 0.05) is 12.7 Å². The van der Waals surface area contributed by atoms with Crippen LogP contribution in [-0.2, 0) is 13.1 Å². The van der Waals surface area contributed by atoms with E-state index in [0.717, 1.165) is 16.9 Å². The second kappa shape index (κ2) is 9.05. The van der Waals surface area contributed by atoms with Crippen LogP contribution in [-0.4, -0.2) is 15.0 Å². The third-order valence-electron chi connectivity index (χ3n) is 4.81. The molecule has 150 valence electrons. The smallest absolute Gasteiger partial charge is 0.163 e. The molecule has 4 aromatic rings. The van der Waals surface area contributed by atoms with Crippen LogP contribution in [0.2, 0.25) is 0 Å². The molecule has 0 aliphatic rings. The van der Waals surface area contributed by atoms with Crippen LogP contribution in [0.4, 0.5) is 23.1 Å². The number of nitrogens with one attached hydrogen (secondary N) is 1. The normalized spacial score (nSPS) is 10.6. The molecule has 6 nitrogen and oxygen atoms in total. The Morgan fingerprint density at radius 3 is 2.33 bits per heavy atom. The number of aryl methyl sites for hydroxylation is 1. The average Bonchev–Trinajstić information content (AvgIpc) is 2.79. The predicted molar refractivity (Wildman–Crippen MR) is 121 cm³/mol. The van der Waals surface area contributed by atoms with Crippen LogP contribution in [0.15, 0.2) is 85.3 Å². The van der Waals surface area contributed by atoms with E-state index in [2.05, 4.69) is 63.6 Å². The number of aromatic nitrogens is 3. The highest BCUT2D eigenvalue weighted by atomic mass is 15.3. The number of hydrogen-bond donors (Lipinski definition) is 2. The van der Waals surface area contributed by atoms with Crippen LogP contribution in [0.25, 0.3) is 0 Å². The van der Waals surface area contributed by atoms with Gasteiger partial charge in [-0.2, -0.15) is 0 Å². The maximum Gasteiger partial charge on any atom is 0.163 e. The van der Waals surface area contributed by atoms with Gasteiger partial charge in [-0.05, 0) is 30.2 Å². The highest BCUT2D eigenvalue weighted by molar-refractivity contribution is 5.78. The first kappa shape index (κ1) is 19.4. The van der Waals surface area contributed by atoms with E-state index in [1.54, 1.807) is 6.20 Å². The summed E-state index contributed by atoms with van der Waals surface area (Å²) in [6, 6.07) is 24.3. The molecular weight excluding hydrogens is 372 g/mol. The van der Waals surface area contributed by atoms with Gasteiger partial charge in [-0.1, -0.05) is 66.2 Å². The van der Waals surface area contributed by atoms with E-state index in [9.17, 15) is 0 Å². The van der Waals surface area contributed by atoms with Gasteiger partial charge in [0.1, 0.15) is 17.8 Å². The summed E-state index contributed by atoms with van der Waals surface area (Å²) in [7, 11) is 0. The van der Waals surface area contributed by atoms with E-state index in [-0.39, 0.29) is 0 Å². The maximum absolute atomic E-state index is 6.51. The van der Waals surface area contributed by atoms with Crippen molar-refractivity contribution in [2.45, 2.75) is 20.0 Å². The van der Waals surface area contributed by atoms with Gasteiger partial charge in [0.25, 0.3) is 0 Å². The largest absolute Gasteiger partial charge is 0.393 e. The number of anilines is 4. The zero-order valence-electron chi connectivity index (χ0n) is 16.9. The Balaban J connectivity index is 1.63. The molecule has 4 rings (SSSR count). The molecule has 3 N–H and O–H groups in total. The van der Waals surface area contributed by atoms with E-state index in [4.69, 9.17) is 5.73 Å². The second-order valence-corrected chi connectivity index (χ2v) is 7.06. The summed E-state index contributed by atoms with van der Waals surface area (Å²) in [5.74, 6) is 2.00. The Bertz CT molecular complexity index is 1080. The quantitative estimate of drug-likeness (QED) is 0.471.